The van der Waals surface area contributed by atoms with Crippen molar-refractivity contribution in [2.75, 3.05) is 31.3 Å². The standard InChI is InChI=1S/C13H23N3OS/c1-4-6-11-15-12(14-7-5-2)10-13(16-11)18-9-8-17-3/h10H,4-9H2,1-3H3,(H,14,15,16). The first-order chi connectivity index (χ1) is 8.80. The molecule has 0 aliphatic carbocycles. The lowest BCUT2D eigenvalue weighted by atomic mass is 10.3. The quantitative estimate of drug-likeness (QED) is 0.424. The largest absolute Gasteiger partial charge is 0.384 e. The Kier molecular flexibility index (Phi) is 7.76. The molecule has 0 aliphatic heterocycles. The normalized spacial score (nSPS) is 10.6. The summed E-state index contributed by atoms with van der Waals surface area (Å²) in [6, 6.07) is 2.02. The van der Waals surface area contributed by atoms with Crippen molar-refractivity contribution in [1.29, 1.82) is 0 Å². The Balaban J connectivity index is 2.70. The summed E-state index contributed by atoms with van der Waals surface area (Å²) in [5, 5.41) is 4.36. The van der Waals surface area contributed by atoms with Crippen molar-refractivity contribution in [3.05, 3.63) is 11.9 Å². The van der Waals surface area contributed by atoms with E-state index < -0.39 is 0 Å². The van der Waals surface area contributed by atoms with Gasteiger partial charge in [0.2, 0.25) is 0 Å². The van der Waals surface area contributed by atoms with E-state index in [0.29, 0.717) is 0 Å². The van der Waals surface area contributed by atoms with E-state index in [0.717, 1.165) is 54.8 Å². The summed E-state index contributed by atoms with van der Waals surface area (Å²) in [6.07, 6.45) is 3.10. The van der Waals surface area contributed by atoms with E-state index in [1.807, 2.05) is 6.07 Å². The zero-order valence-electron chi connectivity index (χ0n) is 11.5. The fraction of sp³-hybridized carbons (Fsp3) is 0.692. The van der Waals surface area contributed by atoms with Crippen LogP contribution in [-0.4, -0.2) is 36.0 Å². The van der Waals surface area contributed by atoms with E-state index in [9.17, 15) is 0 Å². The number of rotatable bonds is 9. The highest BCUT2D eigenvalue weighted by atomic mass is 32.2. The van der Waals surface area contributed by atoms with Crippen LogP contribution in [0, 0.1) is 0 Å². The molecule has 1 aromatic rings. The topological polar surface area (TPSA) is 47.0 Å². The minimum Gasteiger partial charge on any atom is -0.384 e. The Morgan fingerprint density at radius 2 is 2.11 bits per heavy atom. The molecule has 0 aromatic carbocycles. The van der Waals surface area contributed by atoms with Crippen LogP contribution in [0.25, 0.3) is 0 Å². The van der Waals surface area contributed by atoms with E-state index in [2.05, 4.69) is 29.1 Å². The number of methoxy groups -OCH3 is 1. The zero-order valence-corrected chi connectivity index (χ0v) is 12.3. The van der Waals surface area contributed by atoms with Crippen molar-refractivity contribution in [3.63, 3.8) is 0 Å². The Morgan fingerprint density at radius 3 is 2.78 bits per heavy atom. The van der Waals surface area contributed by atoms with Crippen molar-refractivity contribution in [2.45, 2.75) is 38.1 Å². The predicted octanol–water partition coefficient (Wildman–Crippen LogP) is 2.99. The molecule has 1 aromatic heterocycles. The minimum absolute atomic E-state index is 0.746. The van der Waals surface area contributed by atoms with E-state index in [1.54, 1.807) is 18.9 Å². The van der Waals surface area contributed by atoms with Gasteiger partial charge in [0.1, 0.15) is 16.7 Å². The third-order valence-electron chi connectivity index (χ3n) is 2.32. The van der Waals surface area contributed by atoms with Crippen LogP contribution in [0.5, 0.6) is 0 Å². The predicted molar refractivity (Wildman–Crippen MR) is 77.4 cm³/mol. The second-order valence-electron chi connectivity index (χ2n) is 4.03. The first-order valence-corrected chi connectivity index (χ1v) is 7.52. The van der Waals surface area contributed by atoms with Gasteiger partial charge in [-0.2, -0.15) is 0 Å². The highest BCUT2D eigenvalue weighted by molar-refractivity contribution is 7.99. The van der Waals surface area contributed by atoms with Gasteiger partial charge in [0.25, 0.3) is 0 Å². The molecular formula is C13H23N3OS. The second kappa shape index (κ2) is 9.16. The molecule has 102 valence electrons. The maximum Gasteiger partial charge on any atom is 0.132 e. The molecule has 0 fully saturated rings. The molecule has 0 unspecified atom stereocenters. The van der Waals surface area contributed by atoms with Gasteiger partial charge < -0.3 is 10.1 Å². The first-order valence-electron chi connectivity index (χ1n) is 6.53. The summed E-state index contributed by atoms with van der Waals surface area (Å²) < 4.78 is 5.06. The van der Waals surface area contributed by atoms with Crippen LogP contribution in [0.15, 0.2) is 11.1 Å². The van der Waals surface area contributed by atoms with Crippen LogP contribution < -0.4 is 5.32 Å². The summed E-state index contributed by atoms with van der Waals surface area (Å²) in [6.45, 7) is 5.99. The molecule has 0 saturated heterocycles. The van der Waals surface area contributed by atoms with Crippen LogP contribution in [0.1, 0.15) is 32.5 Å². The van der Waals surface area contributed by atoms with Crippen LogP contribution >= 0.6 is 11.8 Å². The van der Waals surface area contributed by atoms with Gasteiger partial charge >= 0.3 is 0 Å². The molecule has 1 rings (SSSR count). The maximum atomic E-state index is 5.06. The van der Waals surface area contributed by atoms with Gasteiger partial charge in [0, 0.05) is 31.9 Å². The third-order valence-corrected chi connectivity index (χ3v) is 3.19. The lowest BCUT2D eigenvalue weighted by Crippen LogP contribution is -2.06. The lowest BCUT2D eigenvalue weighted by molar-refractivity contribution is 0.218. The molecule has 0 radical (unpaired) electrons. The molecule has 1 N–H and O–H groups in total. The SMILES string of the molecule is CCCNc1cc(SCCOC)nc(CCC)n1. The average Bonchev–Trinajstić information content (AvgIpc) is 2.37. The number of aryl methyl sites for hydroxylation is 1. The lowest BCUT2D eigenvalue weighted by Gasteiger charge is -2.08. The van der Waals surface area contributed by atoms with E-state index >= 15 is 0 Å². The Hall–Kier alpha value is -0.810. The Bertz CT molecular complexity index is 347. The van der Waals surface area contributed by atoms with E-state index in [4.69, 9.17) is 4.74 Å². The van der Waals surface area contributed by atoms with Crippen molar-refractivity contribution in [1.82, 2.24) is 9.97 Å². The Morgan fingerprint density at radius 1 is 1.28 bits per heavy atom. The molecule has 0 bridgehead atoms. The van der Waals surface area contributed by atoms with Crippen molar-refractivity contribution in [2.24, 2.45) is 0 Å². The number of aromatic nitrogens is 2. The molecule has 18 heavy (non-hydrogen) atoms. The van der Waals surface area contributed by atoms with E-state index in [1.165, 1.54) is 0 Å². The highest BCUT2D eigenvalue weighted by Crippen LogP contribution is 2.19. The summed E-state index contributed by atoms with van der Waals surface area (Å²) in [5.74, 6) is 2.79. The zero-order chi connectivity index (χ0) is 13.2. The van der Waals surface area contributed by atoms with Crippen molar-refractivity contribution < 1.29 is 4.74 Å². The molecule has 0 amide bonds. The smallest absolute Gasteiger partial charge is 0.132 e. The van der Waals surface area contributed by atoms with Crippen molar-refractivity contribution in [3.8, 4) is 0 Å². The number of hydrogen-bond acceptors (Lipinski definition) is 5. The summed E-state index contributed by atoms with van der Waals surface area (Å²) in [4.78, 5) is 9.08. The van der Waals surface area contributed by atoms with Crippen LogP contribution in [-0.2, 0) is 11.2 Å². The summed E-state index contributed by atoms with van der Waals surface area (Å²) >= 11 is 1.72. The van der Waals surface area contributed by atoms with Gasteiger partial charge in [0.05, 0.1) is 6.61 Å². The second-order valence-corrected chi connectivity index (χ2v) is 5.14. The van der Waals surface area contributed by atoms with E-state index in [-0.39, 0.29) is 0 Å². The van der Waals surface area contributed by atoms with Gasteiger partial charge in [-0.3, -0.25) is 0 Å². The van der Waals surface area contributed by atoms with Gasteiger partial charge in [-0.15, -0.1) is 11.8 Å². The minimum atomic E-state index is 0.746. The fourth-order valence-electron chi connectivity index (χ4n) is 1.46. The maximum absolute atomic E-state index is 5.06. The number of nitrogens with one attached hydrogen (secondary N) is 1. The molecule has 0 saturated carbocycles. The van der Waals surface area contributed by atoms with Gasteiger partial charge in [-0.25, -0.2) is 9.97 Å². The summed E-state index contributed by atoms with van der Waals surface area (Å²) in [7, 11) is 1.72. The fourth-order valence-corrected chi connectivity index (χ4v) is 2.28. The molecule has 0 aliphatic rings. The Labute approximate surface area is 114 Å². The van der Waals surface area contributed by atoms with Crippen molar-refractivity contribution >= 4 is 17.6 Å². The number of thioether (sulfide) groups is 1. The van der Waals surface area contributed by atoms with Gasteiger partial charge in [-0.05, 0) is 12.8 Å². The van der Waals surface area contributed by atoms with Gasteiger partial charge in [-0.1, -0.05) is 13.8 Å². The summed E-state index contributed by atoms with van der Waals surface area (Å²) in [5.41, 5.74) is 0. The molecule has 5 heteroatoms. The molecular weight excluding hydrogens is 246 g/mol. The van der Waals surface area contributed by atoms with Crippen LogP contribution in [0.3, 0.4) is 0 Å². The monoisotopic (exact) mass is 269 g/mol. The molecule has 0 atom stereocenters. The van der Waals surface area contributed by atoms with Gasteiger partial charge in [0.15, 0.2) is 0 Å². The van der Waals surface area contributed by atoms with Crippen LogP contribution in [0.2, 0.25) is 0 Å². The van der Waals surface area contributed by atoms with Crippen LogP contribution in [0.4, 0.5) is 5.82 Å². The molecule has 1 heterocycles. The first kappa shape index (κ1) is 15.2. The number of ether oxygens (including phenoxy) is 1. The number of hydrogen-bond donors (Lipinski definition) is 1. The highest BCUT2D eigenvalue weighted by Gasteiger charge is 2.04. The average molecular weight is 269 g/mol. The number of nitrogens with zero attached hydrogens (tertiary/aromatic N) is 2. The number of anilines is 1. The third kappa shape index (κ3) is 5.69. The molecule has 4 nitrogen and oxygen atoms in total. The molecule has 0 spiro atoms.